The molecule has 0 radical (unpaired) electrons. The molecule has 0 aromatic carbocycles. The SMILES string of the molecule is CC1NCCN(S(=O)(=O)c2cnn(CC(F)(F)F)c2)C1C. The number of sulfonamides is 1. The summed E-state index contributed by atoms with van der Waals surface area (Å²) < 4.78 is 63.7. The zero-order chi connectivity index (χ0) is 15.8. The highest BCUT2D eigenvalue weighted by Gasteiger charge is 2.36. The molecule has 1 aliphatic rings. The molecule has 0 saturated carbocycles. The van der Waals surface area contributed by atoms with Gasteiger partial charge in [0, 0.05) is 31.4 Å². The fourth-order valence-electron chi connectivity index (χ4n) is 2.25. The van der Waals surface area contributed by atoms with Crippen molar-refractivity contribution in [3.8, 4) is 0 Å². The number of alkyl halides is 3. The number of rotatable bonds is 3. The van der Waals surface area contributed by atoms with Gasteiger partial charge in [-0.05, 0) is 13.8 Å². The summed E-state index contributed by atoms with van der Waals surface area (Å²) in [6, 6.07) is -0.312. The highest BCUT2D eigenvalue weighted by Crippen LogP contribution is 2.22. The Morgan fingerprint density at radius 3 is 2.71 bits per heavy atom. The van der Waals surface area contributed by atoms with Crippen LogP contribution >= 0.6 is 0 Å². The van der Waals surface area contributed by atoms with Gasteiger partial charge < -0.3 is 5.32 Å². The zero-order valence-electron chi connectivity index (χ0n) is 11.6. The summed E-state index contributed by atoms with van der Waals surface area (Å²) in [6.07, 6.45) is -2.56. The van der Waals surface area contributed by atoms with Crippen LogP contribution in [0.15, 0.2) is 17.3 Å². The quantitative estimate of drug-likeness (QED) is 0.893. The molecule has 6 nitrogen and oxygen atoms in total. The lowest BCUT2D eigenvalue weighted by molar-refractivity contribution is -0.142. The Balaban J connectivity index is 2.24. The summed E-state index contributed by atoms with van der Waals surface area (Å²) in [5, 5.41) is 6.63. The van der Waals surface area contributed by atoms with E-state index >= 15 is 0 Å². The average Bonchev–Trinajstić information content (AvgIpc) is 2.79. The lowest BCUT2D eigenvalue weighted by atomic mass is 10.1. The third kappa shape index (κ3) is 3.55. The molecular formula is C11H17F3N4O2S. The number of hydrogen-bond acceptors (Lipinski definition) is 4. The minimum absolute atomic E-state index is 0.0289. The Kier molecular flexibility index (Phi) is 4.31. The molecule has 120 valence electrons. The van der Waals surface area contributed by atoms with E-state index in [1.54, 1.807) is 6.92 Å². The maximum absolute atomic E-state index is 12.5. The highest BCUT2D eigenvalue weighted by molar-refractivity contribution is 7.89. The van der Waals surface area contributed by atoms with Crippen LogP contribution < -0.4 is 5.32 Å². The fraction of sp³-hybridized carbons (Fsp3) is 0.727. The Morgan fingerprint density at radius 1 is 1.43 bits per heavy atom. The molecule has 21 heavy (non-hydrogen) atoms. The molecular weight excluding hydrogens is 309 g/mol. The van der Waals surface area contributed by atoms with Gasteiger partial charge in [-0.3, -0.25) is 4.68 Å². The van der Waals surface area contributed by atoms with E-state index in [0.29, 0.717) is 11.2 Å². The van der Waals surface area contributed by atoms with E-state index in [0.717, 1.165) is 12.4 Å². The molecule has 2 atom stereocenters. The largest absolute Gasteiger partial charge is 0.408 e. The van der Waals surface area contributed by atoms with Gasteiger partial charge in [0.15, 0.2) is 0 Å². The van der Waals surface area contributed by atoms with E-state index < -0.39 is 22.7 Å². The Morgan fingerprint density at radius 2 is 2.10 bits per heavy atom. The monoisotopic (exact) mass is 326 g/mol. The Hall–Kier alpha value is -1.13. The third-order valence-corrected chi connectivity index (χ3v) is 5.47. The van der Waals surface area contributed by atoms with Crippen LogP contribution in [0.25, 0.3) is 0 Å². The first kappa shape index (κ1) is 16.2. The number of piperazine rings is 1. The molecule has 2 unspecified atom stereocenters. The minimum atomic E-state index is -4.44. The van der Waals surface area contributed by atoms with Gasteiger partial charge in [0.1, 0.15) is 11.4 Å². The molecule has 0 amide bonds. The molecule has 1 aliphatic heterocycles. The van der Waals surface area contributed by atoms with Gasteiger partial charge in [-0.2, -0.15) is 22.6 Å². The third-order valence-electron chi connectivity index (χ3n) is 3.53. The maximum atomic E-state index is 12.5. The van der Waals surface area contributed by atoms with Crippen LogP contribution in [0.2, 0.25) is 0 Å². The van der Waals surface area contributed by atoms with Crippen LogP contribution in [0, 0.1) is 0 Å². The van der Waals surface area contributed by atoms with E-state index in [4.69, 9.17) is 0 Å². The van der Waals surface area contributed by atoms with Gasteiger partial charge in [0.05, 0.1) is 6.20 Å². The predicted octanol–water partition coefficient (Wildman–Crippen LogP) is 0.816. The average molecular weight is 326 g/mol. The highest BCUT2D eigenvalue weighted by atomic mass is 32.2. The molecule has 1 fully saturated rings. The van der Waals surface area contributed by atoms with Crippen LogP contribution in [0.5, 0.6) is 0 Å². The number of nitrogens with zero attached hydrogens (tertiary/aromatic N) is 3. The smallest absolute Gasteiger partial charge is 0.311 e. The summed E-state index contributed by atoms with van der Waals surface area (Å²) in [6.45, 7) is 3.09. The molecule has 1 saturated heterocycles. The van der Waals surface area contributed by atoms with E-state index in [1.165, 1.54) is 4.31 Å². The molecule has 0 spiro atoms. The second-order valence-corrected chi connectivity index (χ2v) is 6.98. The lowest BCUT2D eigenvalue weighted by Gasteiger charge is -2.37. The first-order valence-electron chi connectivity index (χ1n) is 6.46. The molecule has 2 heterocycles. The first-order chi connectivity index (χ1) is 9.61. The van der Waals surface area contributed by atoms with Gasteiger partial charge in [-0.25, -0.2) is 8.42 Å². The molecule has 2 rings (SSSR count). The van der Waals surface area contributed by atoms with Crippen molar-refractivity contribution in [2.45, 2.75) is 43.5 Å². The first-order valence-corrected chi connectivity index (χ1v) is 7.90. The van der Waals surface area contributed by atoms with E-state index in [9.17, 15) is 21.6 Å². The van der Waals surface area contributed by atoms with Gasteiger partial charge >= 0.3 is 6.18 Å². The van der Waals surface area contributed by atoms with Crippen LogP contribution in [0.4, 0.5) is 13.2 Å². The lowest BCUT2D eigenvalue weighted by Crippen LogP contribution is -2.56. The van der Waals surface area contributed by atoms with Crippen LogP contribution in [0.1, 0.15) is 13.8 Å². The maximum Gasteiger partial charge on any atom is 0.408 e. The van der Waals surface area contributed by atoms with Gasteiger partial charge in [0.2, 0.25) is 10.0 Å². The minimum Gasteiger partial charge on any atom is -0.311 e. The normalized spacial score (nSPS) is 25.2. The van der Waals surface area contributed by atoms with E-state index in [-0.39, 0.29) is 23.5 Å². The number of hydrogen-bond donors (Lipinski definition) is 1. The van der Waals surface area contributed by atoms with Crippen molar-refractivity contribution in [3.05, 3.63) is 12.4 Å². The standard InChI is InChI=1S/C11H17F3N4O2S/c1-8-9(2)18(4-3-15-8)21(19,20)10-5-16-17(6-10)7-11(12,13)14/h5-6,8-9,15H,3-4,7H2,1-2H3. The summed E-state index contributed by atoms with van der Waals surface area (Å²) in [7, 11) is -3.84. The van der Waals surface area contributed by atoms with Crippen molar-refractivity contribution in [1.29, 1.82) is 0 Å². The Bertz CT molecular complexity index is 599. The van der Waals surface area contributed by atoms with Crippen molar-refractivity contribution in [2.75, 3.05) is 13.1 Å². The van der Waals surface area contributed by atoms with E-state index in [2.05, 4.69) is 10.4 Å². The van der Waals surface area contributed by atoms with Crippen molar-refractivity contribution in [2.24, 2.45) is 0 Å². The number of nitrogens with one attached hydrogen (secondary N) is 1. The Labute approximate surface area is 121 Å². The van der Waals surface area contributed by atoms with Crippen molar-refractivity contribution in [1.82, 2.24) is 19.4 Å². The summed E-state index contributed by atoms with van der Waals surface area (Å²) in [4.78, 5) is -0.215. The fourth-order valence-corrected chi connectivity index (χ4v) is 3.91. The number of aromatic nitrogens is 2. The van der Waals surface area contributed by atoms with Gasteiger partial charge in [0.25, 0.3) is 0 Å². The summed E-state index contributed by atoms with van der Waals surface area (Å²) >= 11 is 0. The molecule has 10 heteroatoms. The molecule has 1 aromatic rings. The molecule has 0 bridgehead atoms. The van der Waals surface area contributed by atoms with Crippen LogP contribution in [0.3, 0.4) is 0 Å². The summed E-state index contributed by atoms with van der Waals surface area (Å²) in [5.74, 6) is 0. The molecule has 0 aliphatic carbocycles. The molecule has 1 aromatic heterocycles. The van der Waals surface area contributed by atoms with Gasteiger partial charge in [-0.1, -0.05) is 0 Å². The summed E-state index contributed by atoms with van der Waals surface area (Å²) in [5.41, 5.74) is 0. The van der Waals surface area contributed by atoms with E-state index in [1.807, 2.05) is 6.92 Å². The second kappa shape index (κ2) is 5.58. The second-order valence-electron chi connectivity index (χ2n) is 5.09. The zero-order valence-corrected chi connectivity index (χ0v) is 12.4. The topological polar surface area (TPSA) is 67.2 Å². The predicted molar refractivity (Wildman–Crippen MR) is 69.1 cm³/mol. The number of halogens is 3. The van der Waals surface area contributed by atoms with Crippen molar-refractivity contribution >= 4 is 10.0 Å². The van der Waals surface area contributed by atoms with Crippen LogP contribution in [-0.2, 0) is 16.6 Å². The van der Waals surface area contributed by atoms with Crippen LogP contribution in [-0.4, -0.2) is 53.9 Å². The molecule has 1 N–H and O–H groups in total. The van der Waals surface area contributed by atoms with Gasteiger partial charge in [-0.15, -0.1) is 0 Å². The van der Waals surface area contributed by atoms with Crippen molar-refractivity contribution in [3.63, 3.8) is 0 Å². The van der Waals surface area contributed by atoms with Crippen molar-refractivity contribution < 1.29 is 21.6 Å².